The van der Waals surface area contributed by atoms with E-state index in [9.17, 15) is 0 Å². The van der Waals surface area contributed by atoms with Crippen molar-refractivity contribution in [1.29, 1.82) is 0 Å². The third kappa shape index (κ3) is 7.23. The van der Waals surface area contributed by atoms with Gasteiger partial charge in [0.05, 0.1) is 25.5 Å². The third-order valence-corrected chi connectivity index (χ3v) is 5.40. The summed E-state index contributed by atoms with van der Waals surface area (Å²) in [5, 5.41) is 6.97. The Hall–Kier alpha value is -1.28. The van der Waals surface area contributed by atoms with Gasteiger partial charge >= 0.3 is 0 Å². The Bertz CT molecular complexity index is 570. The predicted molar refractivity (Wildman–Crippen MR) is 107 cm³/mol. The van der Waals surface area contributed by atoms with Crippen molar-refractivity contribution in [2.75, 3.05) is 53.0 Å². The first-order valence-corrected chi connectivity index (χ1v) is 9.84. The molecule has 2 rings (SSSR count). The molecular formula is C18H31N5OS. The molecule has 0 unspecified atom stereocenters. The lowest BCUT2D eigenvalue weighted by molar-refractivity contribution is 0.111. The third-order valence-electron chi connectivity index (χ3n) is 4.25. The minimum atomic E-state index is 0.721. The highest BCUT2D eigenvalue weighted by Crippen LogP contribution is 2.24. The molecule has 2 heterocycles. The van der Waals surface area contributed by atoms with Crippen molar-refractivity contribution in [1.82, 2.24) is 10.2 Å². The molecule has 7 heteroatoms. The predicted octanol–water partition coefficient (Wildman–Crippen LogP) is 1.47. The van der Waals surface area contributed by atoms with Gasteiger partial charge < -0.3 is 15.9 Å². The van der Waals surface area contributed by atoms with Crippen molar-refractivity contribution in [3.05, 3.63) is 21.4 Å². The van der Waals surface area contributed by atoms with Gasteiger partial charge in [-0.25, -0.2) is 0 Å². The second-order valence-corrected chi connectivity index (χ2v) is 7.65. The summed E-state index contributed by atoms with van der Waals surface area (Å²) in [6.07, 6.45) is 5.09. The summed E-state index contributed by atoms with van der Waals surface area (Å²) in [5.41, 5.74) is 2.29. The highest BCUT2D eigenvalue weighted by molar-refractivity contribution is 7.12. The lowest BCUT2D eigenvalue weighted by Gasteiger charge is -2.21. The first-order chi connectivity index (χ1) is 12.2. The van der Waals surface area contributed by atoms with E-state index in [0.717, 1.165) is 70.9 Å². The lowest BCUT2D eigenvalue weighted by Crippen LogP contribution is -2.35. The molecule has 1 aliphatic heterocycles. The molecule has 1 aromatic heterocycles. The monoisotopic (exact) mass is 365 g/mol. The number of hydrogen-bond acceptors (Lipinski definition) is 7. The van der Waals surface area contributed by atoms with E-state index < -0.39 is 0 Å². The number of hydrogen-bond donors (Lipinski definition) is 2. The van der Waals surface area contributed by atoms with Gasteiger partial charge in [-0.1, -0.05) is 0 Å². The summed E-state index contributed by atoms with van der Waals surface area (Å²) >= 11 is 1.93. The molecule has 0 radical (unpaired) electrons. The average molecular weight is 366 g/mol. The van der Waals surface area contributed by atoms with Crippen molar-refractivity contribution in [3.63, 3.8) is 0 Å². The van der Waals surface area contributed by atoms with Crippen molar-refractivity contribution in [3.8, 4) is 0 Å². The normalized spacial score (nSPS) is 18.2. The largest absolute Gasteiger partial charge is 0.380 e. The fourth-order valence-corrected chi connectivity index (χ4v) is 4.07. The highest BCUT2D eigenvalue weighted by atomic mass is 32.1. The molecule has 1 aromatic rings. The Kier molecular flexibility index (Phi) is 9.10. The van der Waals surface area contributed by atoms with E-state index in [1.54, 1.807) is 6.21 Å². The minimum absolute atomic E-state index is 0.721. The summed E-state index contributed by atoms with van der Waals surface area (Å²) < 4.78 is 5.84. The van der Waals surface area contributed by atoms with Gasteiger partial charge in [0.1, 0.15) is 0 Å². The molecule has 1 aliphatic rings. The molecule has 0 bridgehead atoms. The maximum atomic E-state index is 5.84. The van der Waals surface area contributed by atoms with Crippen LogP contribution in [-0.4, -0.2) is 69.8 Å². The molecule has 0 fully saturated rings. The van der Waals surface area contributed by atoms with Crippen LogP contribution < -0.4 is 11.2 Å². The summed E-state index contributed by atoms with van der Waals surface area (Å²) in [6.45, 7) is 7.95. The second-order valence-electron chi connectivity index (χ2n) is 6.31. The van der Waals surface area contributed by atoms with Crippen LogP contribution in [0.1, 0.15) is 21.7 Å². The first-order valence-electron chi connectivity index (χ1n) is 9.02. The van der Waals surface area contributed by atoms with Crippen LogP contribution in [0.2, 0.25) is 0 Å². The molecule has 0 atom stereocenters. The lowest BCUT2D eigenvalue weighted by atomic mass is 10.1. The Morgan fingerprint density at radius 1 is 1.40 bits per heavy atom. The van der Waals surface area contributed by atoms with Crippen LogP contribution >= 0.6 is 11.3 Å². The van der Waals surface area contributed by atoms with Gasteiger partial charge in [0.25, 0.3) is 0 Å². The van der Waals surface area contributed by atoms with Crippen LogP contribution in [0.15, 0.2) is 16.2 Å². The second kappa shape index (κ2) is 11.4. The molecule has 0 aliphatic carbocycles. The van der Waals surface area contributed by atoms with Crippen molar-refractivity contribution in [2.45, 2.75) is 26.2 Å². The SMILES string of the molecule is CNCCN=C/C(CN1CCCc2sc(C)cc2CCOCC1)=N\N. The van der Waals surface area contributed by atoms with E-state index in [-0.39, 0.29) is 0 Å². The molecule has 0 amide bonds. The van der Waals surface area contributed by atoms with E-state index in [1.165, 1.54) is 15.3 Å². The van der Waals surface area contributed by atoms with Gasteiger partial charge in [0, 0.05) is 35.6 Å². The number of nitrogens with zero attached hydrogens (tertiary/aromatic N) is 3. The summed E-state index contributed by atoms with van der Waals surface area (Å²) in [4.78, 5) is 9.64. The number of nitrogens with one attached hydrogen (secondary N) is 1. The molecule has 3 N–H and O–H groups in total. The van der Waals surface area contributed by atoms with Crippen LogP contribution in [0.25, 0.3) is 0 Å². The summed E-state index contributed by atoms with van der Waals surface area (Å²) in [6, 6.07) is 2.32. The Balaban J connectivity index is 1.91. The number of thiophene rings is 1. The molecule has 0 saturated heterocycles. The average Bonchev–Trinajstić information content (AvgIpc) is 2.94. The summed E-state index contributed by atoms with van der Waals surface area (Å²) in [5.74, 6) is 5.55. The van der Waals surface area contributed by atoms with E-state index in [1.807, 2.05) is 18.4 Å². The van der Waals surface area contributed by atoms with Gasteiger partial charge in [-0.3, -0.25) is 9.89 Å². The molecule has 0 saturated carbocycles. The van der Waals surface area contributed by atoms with Crippen LogP contribution in [0.3, 0.4) is 0 Å². The zero-order chi connectivity index (χ0) is 17.9. The number of aliphatic imine (C=N–C) groups is 1. The number of rotatable bonds is 6. The Morgan fingerprint density at radius 2 is 2.28 bits per heavy atom. The highest BCUT2D eigenvalue weighted by Gasteiger charge is 2.12. The van der Waals surface area contributed by atoms with Gasteiger partial charge in [-0.05, 0) is 51.4 Å². The fourth-order valence-electron chi connectivity index (χ4n) is 2.94. The Labute approximate surface area is 155 Å². The number of nitrogens with two attached hydrogens (primary N) is 1. The Morgan fingerprint density at radius 3 is 3.08 bits per heavy atom. The number of aryl methyl sites for hydroxylation is 2. The summed E-state index contributed by atoms with van der Waals surface area (Å²) in [7, 11) is 1.92. The van der Waals surface area contributed by atoms with Crippen molar-refractivity contribution < 1.29 is 4.74 Å². The molecule has 0 spiro atoms. The molecule has 140 valence electrons. The van der Waals surface area contributed by atoms with Crippen molar-refractivity contribution >= 4 is 23.3 Å². The topological polar surface area (TPSA) is 75.2 Å². The quantitative estimate of drug-likeness (QED) is 0.346. The number of hydrazone groups is 1. The van der Waals surface area contributed by atoms with Crippen LogP contribution in [0.5, 0.6) is 0 Å². The van der Waals surface area contributed by atoms with E-state index >= 15 is 0 Å². The smallest absolute Gasteiger partial charge is 0.0918 e. The van der Waals surface area contributed by atoms with Gasteiger partial charge in [0.15, 0.2) is 0 Å². The minimum Gasteiger partial charge on any atom is -0.380 e. The first kappa shape index (κ1) is 20.0. The van der Waals surface area contributed by atoms with Gasteiger partial charge in [0.2, 0.25) is 0 Å². The number of fused-ring (bicyclic) bond motifs is 1. The number of likely N-dealkylation sites (N-methyl/N-ethyl adjacent to an activating group) is 1. The number of ether oxygens (including phenoxy) is 1. The van der Waals surface area contributed by atoms with E-state index in [2.05, 4.69) is 33.3 Å². The molecule has 0 aromatic carbocycles. The molecular weight excluding hydrogens is 334 g/mol. The zero-order valence-corrected chi connectivity index (χ0v) is 16.3. The van der Waals surface area contributed by atoms with E-state index in [0.29, 0.717) is 0 Å². The van der Waals surface area contributed by atoms with E-state index in [4.69, 9.17) is 10.6 Å². The zero-order valence-electron chi connectivity index (χ0n) is 15.5. The van der Waals surface area contributed by atoms with Gasteiger partial charge in [-0.15, -0.1) is 11.3 Å². The standard InChI is InChI=1S/C18H31N5OS/c1-15-12-16-5-10-24-11-9-23(8-3-4-18(16)25-15)14-17(22-19)13-21-7-6-20-2/h12-13,20H,3-11,14,19H2,1-2H3/b21-13?,22-17+. The maximum Gasteiger partial charge on any atom is 0.0918 e. The van der Waals surface area contributed by atoms with Crippen LogP contribution in [0, 0.1) is 6.92 Å². The maximum absolute atomic E-state index is 5.84. The van der Waals surface area contributed by atoms with Crippen LogP contribution in [-0.2, 0) is 17.6 Å². The van der Waals surface area contributed by atoms with Gasteiger partial charge in [-0.2, -0.15) is 5.10 Å². The molecule has 25 heavy (non-hydrogen) atoms. The fraction of sp³-hybridized carbons (Fsp3) is 0.667. The van der Waals surface area contributed by atoms with Crippen molar-refractivity contribution in [2.24, 2.45) is 15.9 Å². The van der Waals surface area contributed by atoms with Crippen LogP contribution in [0.4, 0.5) is 0 Å². The molecule has 6 nitrogen and oxygen atoms in total.